The zero-order valence-electron chi connectivity index (χ0n) is 19.6. The molecular weight excluding hydrogens is 388 g/mol. The molecule has 5 nitrogen and oxygen atoms in total. The van der Waals surface area contributed by atoms with Gasteiger partial charge >= 0.3 is 0 Å². The summed E-state index contributed by atoms with van der Waals surface area (Å²) in [5.41, 5.74) is -0.438. The monoisotopic (exact) mass is 426 g/mol. The summed E-state index contributed by atoms with van der Waals surface area (Å²) in [6.45, 7) is 12.8. The van der Waals surface area contributed by atoms with E-state index in [0.29, 0.717) is 31.7 Å². The molecule has 0 saturated carbocycles. The molecule has 4 atom stereocenters. The zero-order chi connectivity index (χ0) is 22.7. The Morgan fingerprint density at radius 2 is 1.94 bits per heavy atom. The van der Waals surface area contributed by atoms with Gasteiger partial charge in [-0.15, -0.1) is 6.58 Å². The number of hydrogen-bond donors (Lipinski definition) is 1. The number of rotatable bonds is 2. The fourth-order valence-corrected chi connectivity index (χ4v) is 5.01. The first kappa shape index (κ1) is 23.6. The van der Waals surface area contributed by atoms with Gasteiger partial charge in [-0.1, -0.05) is 45.8 Å². The van der Waals surface area contributed by atoms with Gasteiger partial charge in [-0.05, 0) is 44.2 Å². The van der Waals surface area contributed by atoms with E-state index in [-0.39, 0.29) is 23.2 Å². The Labute approximate surface area is 187 Å². The first-order valence-corrected chi connectivity index (χ1v) is 11.7. The topological polar surface area (TPSA) is 71.6 Å². The van der Waals surface area contributed by atoms with E-state index in [1.165, 1.54) is 0 Å². The smallest absolute Gasteiger partial charge is 0.220 e. The van der Waals surface area contributed by atoms with Crippen molar-refractivity contribution in [3.63, 3.8) is 0 Å². The molecule has 0 radical (unpaired) electrons. The van der Waals surface area contributed by atoms with Crippen LogP contribution in [0.2, 0.25) is 0 Å². The van der Waals surface area contributed by atoms with E-state index in [1.807, 2.05) is 38.1 Å². The van der Waals surface area contributed by atoms with Crippen LogP contribution < -0.4 is 5.32 Å². The number of aromatic nitrogens is 1. The summed E-state index contributed by atoms with van der Waals surface area (Å²) in [6.07, 6.45) is 9.09. The molecule has 3 heterocycles. The molecule has 5 heteroatoms. The molecule has 1 aromatic heterocycles. The lowest BCUT2D eigenvalue weighted by Gasteiger charge is -2.27. The minimum absolute atomic E-state index is 0.0381. The number of nitrogens with zero attached hydrogens (tertiary/aromatic N) is 1. The Balaban J connectivity index is 1.85. The molecule has 170 valence electrons. The van der Waals surface area contributed by atoms with Crippen LogP contribution in [0.15, 0.2) is 37.1 Å². The van der Waals surface area contributed by atoms with Crippen molar-refractivity contribution in [3.05, 3.63) is 42.7 Å². The summed E-state index contributed by atoms with van der Waals surface area (Å²) in [5, 5.41) is 3.09. The molecular formula is C26H38N2O3. The third-order valence-electron chi connectivity index (χ3n) is 7.49. The molecule has 1 N–H and O–H groups in total. The van der Waals surface area contributed by atoms with Crippen LogP contribution in [-0.2, 0) is 14.3 Å². The molecule has 0 bridgehead atoms. The fourth-order valence-electron chi connectivity index (χ4n) is 5.01. The number of Topliss-reactive ketones (excluding diaryl/α,β-unsaturated/α-hetero) is 1. The van der Waals surface area contributed by atoms with Crippen LogP contribution in [0, 0.1) is 11.3 Å². The number of epoxide rings is 1. The third kappa shape index (κ3) is 5.08. The van der Waals surface area contributed by atoms with Crippen LogP contribution in [0.4, 0.5) is 0 Å². The Kier molecular flexibility index (Phi) is 7.04. The van der Waals surface area contributed by atoms with Gasteiger partial charge < -0.3 is 10.1 Å². The predicted molar refractivity (Wildman–Crippen MR) is 123 cm³/mol. The van der Waals surface area contributed by atoms with Gasteiger partial charge in [-0.3, -0.25) is 14.6 Å². The molecule has 2 aliphatic heterocycles. The maximum Gasteiger partial charge on any atom is 0.220 e. The average Bonchev–Trinajstić information content (AvgIpc) is 3.35. The highest BCUT2D eigenvalue weighted by Gasteiger charge is 2.68. The van der Waals surface area contributed by atoms with E-state index < -0.39 is 11.0 Å². The Morgan fingerprint density at radius 3 is 2.61 bits per heavy atom. The molecule has 1 amide bonds. The summed E-state index contributed by atoms with van der Waals surface area (Å²) >= 11 is 0. The normalized spacial score (nSPS) is 35.0. The molecule has 2 saturated heterocycles. The first-order chi connectivity index (χ1) is 14.6. The van der Waals surface area contributed by atoms with Gasteiger partial charge in [0, 0.05) is 36.7 Å². The Hall–Kier alpha value is -2.01. The van der Waals surface area contributed by atoms with Gasteiger partial charge in [0.15, 0.2) is 0 Å². The number of carbonyl (C=O) groups excluding carboxylic acids is 2. The highest BCUT2D eigenvalue weighted by atomic mass is 16.6. The van der Waals surface area contributed by atoms with E-state index >= 15 is 0 Å². The highest BCUT2D eigenvalue weighted by molar-refractivity contribution is 5.85. The first-order valence-electron chi connectivity index (χ1n) is 11.7. The van der Waals surface area contributed by atoms with Crippen LogP contribution in [0.1, 0.15) is 84.3 Å². The van der Waals surface area contributed by atoms with Crippen LogP contribution in [-0.4, -0.2) is 34.4 Å². The average molecular weight is 427 g/mol. The maximum atomic E-state index is 12.7. The summed E-state index contributed by atoms with van der Waals surface area (Å²) in [6, 6.07) is 5.85. The fraction of sp³-hybridized carbons (Fsp3) is 0.654. The quantitative estimate of drug-likeness (QED) is 0.535. The predicted octanol–water partition coefficient (Wildman–Crippen LogP) is 4.97. The number of ether oxygens (including phenoxy) is 1. The lowest BCUT2D eigenvalue weighted by Crippen LogP contribution is -2.39. The molecule has 3 rings (SSSR count). The van der Waals surface area contributed by atoms with E-state index in [0.717, 1.165) is 31.4 Å². The van der Waals surface area contributed by atoms with Crippen molar-refractivity contribution >= 4 is 11.7 Å². The maximum absolute atomic E-state index is 12.7. The molecule has 0 spiro atoms. The summed E-state index contributed by atoms with van der Waals surface area (Å²) in [5.74, 6) is 0.598. The minimum Gasteiger partial charge on any atom is -0.358 e. The van der Waals surface area contributed by atoms with E-state index in [4.69, 9.17) is 4.74 Å². The molecule has 0 aliphatic carbocycles. The number of fused-ring (bicyclic) bond motifs is 1. The molecule has 31 heavy (non-hydrogen) atoms. The van der Waals surface area contributed by atoms with E-state index in [1.54, 1.807) is 6.20 Å². The van der Waals surface area contributed by atoms with Gasteiger partial charge in [0.05, 0.1) is 11.5 Å². The Morgan fingerprint density at radius 1 is 1.16 bits per heavy atom. The van der Waals surface area contributed by atoms with Crippen molar-refractivity contribution < 1.29 is 14.3 Å². The molecule has 2 fully saturated rings. The number of amides is 1. The SMILES string of the molecule is C=CC12OC1(C)CCCC(C)CCC(=O)C(C)(C)CCC(=O)NCC2c1ccccn1. The summed E-state index contributed by atoms with van der Waals surface area (Å²) < 4.78 is 6.39. The third-order valence-corrected chi connectivity index (χ3v) is 7.49. The summed E-state index contributed by atoms with van der Waals surface area (Å²) in [4.78, 5) is 30.0. The van der Waals surface area contributed by atoms with Gasteiger partial charge in [0.25, 0.3) is 0 Å². The van der Waals surface area contributed by atoms with Crippen LogP contribution in [0.5, 0.6) is 0 Å². The van der Waals surface area contributed by atoms with Gasteiger partial charge in [-0.2, -0.15) is 0 Å². The summed E-state index contributed by atoms with van der Waals surface area (Å²) in [7, 11) is 0. The number of hydrogen-bond acceptors (Lipinski definition) is 4. The van der Waals surface area contributed by atoms with Gasteiger partial charge in [-0.25, -0.2) is 0 Å². The van der Waals surface area contributed by atoms with Gasteiger partial charge in [0.1, 0.15) is 11.4 Å². The zero-order valence-corrected chi connectivity index (χ0v) is 19.6. The minimum atomic E-state index is -0.538. The van der Waals surface area contributed by atoms with Crippen molar-refractivity contribution in [2.45, 2.75) is 89.8 Å². The van der Waals surface area contributed by atoms with Crippen molar-refractivity contribution in [1.29, 1.82) is 0 Å². The second-order valence-electron chi connectivity index (χ2n) is 10.3. The molecule has 4 unspecified atom stereocenters. The molecule has 2 aliphatic rings. The van der Waals surface area contributed by atoms with Crippen molar-refractivity contribution in [3.8, 4) is 0 Å². The van der Waals surface area contributed by atoms with Crippen LogP contribution >= 0.6 is 0 Å². The van der Waals surface area contributed by atoms with Crippen LogP contribution in [0.3, 0.4) is 0 Å². The van der Waals surface area contributed by atoms with Gasteiger partial charge in [0.2, 0.25) is 5.91 Å². The number of nitrogens with one attached hydrogen (secondary N) is 1. The van der Waals surface area contributed by atoms with E-state index in [9.17, 15) is 9.59 Å². The second-order valence-corrected chi connectivity index (χ2v) is 10.3. The van der Waals surface area contributed by atoms with Crippen molar-refractivity contribution in [1.82, 2.24) is 10.3 Å². The molecule has 1 aromatic rings. The lowest BCUT2D eigenvalue weighted by molar-refractivity contribution is -0.128. The second kappa shape index (κ2) is 9.23. The number of carbonyl (C=O) groups is 2. The highest BCUT2D eigenvalue weighted by Crippen LogP contribution is 2.59. The largest absolute Gasteiger partial charge is 0.358 e. The molecule has 0 aromatic carbocycles. The number of pyridine rings is 1. The standard InChI is InChI=1S/C26H38N2O3/c1-6-26-20(21-11-7-8-17-27-21)18-28-23(30)14-16-24(3,4)22(29)13-12-19(2)10-9-15-25(26,5)31-26/h6-8,11,17,19-20H,1,9-10,12-16,18H2,2-5H3,(H,28,30). The lowest BCUT2D eigenvalue weighted by atomic mass is 9.77. The van der Waals surface area contributed by atoms with Crippen LogP contribution in [0.25, 0.3) is 0 Å². The van der Waals surface area contributed by atoms with E-state index in [2.05, 4.69) is 30.7 Å². The Bertz CT molecular complexity index is 806. The number of ketones is 1. The van der Waals surface area contributed by atoms with Crippen molar-refractivity contribution in [2.24, 2.45) is 11.3 Å². The van der Waals surface area contributed by atoms with Crippen molar-refractivity contribution in [2.75, 3.05) is 6.54 Å².